The van der Waals surface area contributed by atoms with E-state index in [1.165, 1.54) is 20.3 Å². The summed E-state index contributed by atoms with van der Waals surface area (Å²) in [7, 11) is 2.85. The van der Waals surface area contributed by atoms with E-state index in [2.05, 4.69) is 16.5 Å². The predicted molar refractivity (Wildman–Crippen MR) is 96.5 cm³/mol. The highest BCUT2D eigenvalue weighted by atomic mass is 16.6. The number of oxime groups is 1. The van der Waals surface area contributed by atoms with Gasteiger partial charge in [0, 0.05) is 17.2 Å². The summed E-state index contributed by atoms with van der Waals surface area (Å²) in [5, 5.41) is 4.11. The van der Waals surface area contributed by atoms with Gasteiger partial charge in [0.2, 0.25) is 0 Å². The van der Waals surface area contributed by atoms with Crippen LogP contribution in [0, 0.1) is 0 Å². The highest BCUT2D eigenvalue weighted by Crippen LogP contribution is 2.20. The van der Waals surface area contributed by atoms with E-state index in [0.29, 0.717) is 5.71 Å². The molecule has 122 valence electrons. The fourth-order valence-electron chi connectivity index (χ4n) is 2.13. The molecular formula is C20H19NO3. The van der Waals surface area contributed by atoms with Gasteiger partial charge < -0.3 is 9.57 Å². The van der Waals surface area contributed by atoms with Crippen LogP contribution in [0.3, 0.4) is 0 Å². The van der Waals surface area contributed by atoms with E-state index in [1.54, 1.807) is 6.08 Å². The summed E-state index contributed by atoms with van der Waals surface area (Å²) in [6.45, 7) is 4.13. The number of hydrogen-bond donors (Lipinski definition) is 0. The van der Waals surface area contributed by atoms with E-state index in [4.69, 9.17) is 4.84 Å². The average molecular weight is 321 g/mol. The zero-order valence-corrected chi connectivity index (χ0v) is 13.7. The molecule has 0 saturated heterocycles. The summed E-state index contributed by atoms with van der Waals surface area (Å²) >= 11 is 0. The Labute approximate surface area is 141 Å². The molecule has 0 N–H and O–H groups in total. The van der Waals surface area contributed by atoms with Crippen molar-refractivity contribution in [2.24, 2.45) is 5.16 Å². The Kier molecular flexibility index (Phi) is 6.08. The standard InChI is InChI=1S/C20H19NO3/c1-15(17-7-5-4-6-8-17)20(21-24-3)18-12-9-16(10-13-18)11-14-19(22)23-2/h4-14H,1H2,2-3H3/b14-11+,21-20+. The van der Waals surface area contributed by atoms with Gasteiger partial charge in [0.25, 0.3) is 0 Å². The molecule has 0 heterocycles. The minimum atomic E-state index is -0.391. The van der Waals surface area contributed by atoms with Crippen molar-refractivity contribution in [2.45, 2.75) is 0 Å². The fourth-order valence-corrected chi connectivity index (χ4v) is 2.13. The first kappa shape index (κ1) is 17.2. The molecular weight excluding hydrogens is 302 g/mol. The molecule has 0 fully saturated rings. The maximum absolute atomic E-state index is 11.1. The van der Waals surface area contributed by atoms with E-state index >= 15 is 0 Å². The Morgan fingerprint density at radius 3 is 2.25 bits per heavy atom. The van der Waals surface area contributed by atoms with Gasteiger partial charge in [-0.2, -0.15) is 0 Å². The van der Waals surface area contributed by atoms with Crippen LogP contribution in [-0.4, -0.2) is 25.9 Å². The zero-order valence-electron chi connectivity index (χ0n) is 13.7. The van der Waals surface area contributed by atoms with Gasteiger partial charge in [-0.1, -0.05) is 66.3 Å². The Hall–Kier alpha value is -3.14. The Morgan fingerprint density at radius 2 is 1.67 bits per heavy atom. The molecule has 0 aliphatic heterocycles. The van der Waals surface area contributed by atoms with E-state index < -0.39 is 5.97 Å². The molecule has 0 aliphatic carbocycles. The van der Waals surface area contributed by atoms with E-state index in [9.17, 15) is 4.79 Å². The molecule has 2 aromatic rings. The highest BCUT2D eigenvalue weighted by Gasteiger charge is 2.11. The quantitative estimate of drug-likeness (QED) is 0.350. The summed E-state index contributed by atoms with van der Waals surface area (Å²) in [6, 6.07) is 17.4. The van der Waals surface area contributed by atoms with Crippen molar-refractivity contribution >= 4 is 23.3 Å². The van der Waals surface area contributed by atoms with Crippen LogP contribution in [0.5, 0.6) is 0 Å². The molecule has 4 heteroatoms. The summed E-state index contributed by atoms with van der Waals surface area (Å²) in [5.41, 5.74) is 4.16. The molecule has 0 radical (unpaired) electrons. The van der Waals surface area contributed by atoms with Gasteiger partial charge in [0.05, 0.1) is 7.11 Å². The molecule has 0 atom stereocenters. The number of allylic oxidation sites excluding steroid dienone is 1. The Bertz CT molecular complexity index is 759. The van der Waals surface area contributed by atoms with E-state index in [-0.39, 0.29) is 0 Å². The van der Waals surface area contributed by atoms with Gasteiger partial charge in [0.1, 0.15) is 12.8 Å². The molecule has 2 aromatic carbocycles. The van der Waals surface area contributed by atoms with Crippen LogP contribution >= 0.6 is 0 Å². The minimum Gasteiger partial charge on any atom is -0.466 e. The van der Waals surface area contributed by atoms with Crippen LogP contribution < -0.4 is 0 Å². The second-order valence-corrected chi connectivity index (χ2v) is 4.95. The maximum atomic E-state index is 11.1. The molecule has 0 aliphatic rings. The maximum Gasteiger partial charge on any atom is 0.330 e. The number of benzene rings is 2. The van der Waals surface area contributed by atoms with Crippen LogP contribution in [0.25, 0.3) is 11.6 Å². The van der Waals surface area contributed by atoms with Crippen LogP contribution in [0.15, 0.2) is 72.4 Å². The first-order chi connectivity index (χ1) is 11.7. The normalized spacial score (nSPS) is 11.3. The predicted octanol–water partition coefficient (Wildman–Crippen LogP) is 3.94. The third-order valence-electron chi connectivity index (χ3n) is 3.39. The molecule has 2 rings (SSSR count). The first-order valence-electron chi connectivity index (χ1n) is 7.38. The van der Waals surface area contributed by atoms with E-state index in [0.717, 1.165) is 22.3 Å². The molecule has 24 heavy (non-hydrogen) atoms. The third-order valence-corrected chi connectivity index (χ3v) is 3.39. The number of rotatable bonds is 6. The van der Waals surface area contributed by atoms with Crippen molar-refractivity contribution in [2.75, 3.05) is 14.2 Å². The Morgan fingerprint density at radius 1 is 1.00 bits per heavy atom. The number of methoxy groups -OCH3 is 1. The van der Waals surface area contributed by atoms with E-state index in [1.807, 2.05) is 54.6 Å². The third kappa shape index (κ3) is 4.43. The summed E-state index contributed by atoms with van der Waals surface area (Å²) < 4.78 is 4.57. The number of carbonyl (C=O) groups excluding carboxylic acids is 1. The van der Waals surface area contributed by atoms with Gasteiger partial charge in [-0.15, -0.1) is 0 Å². The molecule has 4 nitrogen and oxygen atoms in total. The number of ether oxygens (including phenoxy) is 1. The van der Waals surface area contributed by atoms with Crippen LogP contribution in [0.1, 0.15) is 16.7 Å². The van der Waals surface area contributed by atoms with Crippen molar-refractivity contribution < 1.29 is 14.4 Å². The van der Waals surface area contributed by atoms with Crippen molar-refractivity contribution in [3.05, 3.63) is 83.9 Å². The first-order valence-corrected chi connectivity index (χ1v) is 7.38. The number of carbonyl (C=O) groups is 1. The van der Waals surface area contributed by atoms with Crippen molar-refractivity contribution in [1.82, 2.24) is 0 Å². The number of hydrogen-bond acceptors (Lipinski definition) is 4. The largest absolute Gasteiger partial charge is 0.466 e. The summed E-state index contributed by atoms with van der Waals surface area (Å²) in [4.78, 5) is 16.1. The van der Waals surface area contributed by atoms with Crippen molar-refractivity contribution in [1.29, 1.82) is 0 Å². The van der Waals surface area contributed by atoms with Crippen LogP contribution in [-0.2, 0) is 14.4 Å². The molecule has 0 unspecified atom stereocenters. The van der Waals surface area contributed by atoms with Gasteiger partial charge in [0.15, 0.2) is 0 Å². The van der Waals surface area contributed by atoms with Gasteiger partial charge in [-0.25, -0.2) is 4.79 Å². The van der Waals surface area contributed by atoms with Crippen molar-refractivity contribution in [3.8, 4) is 0 Å². The lowest BCUT2D eigenvalue weighted by Crippen LogP contribution is -2.04. The number of nitrogens with zero attached hydrogens (tertiary/aromatic N) is 1. The highest BCUT2D eigenvalue weighted by molar-refractivity contribution is 6.31. The molecule has 0 aromatic heterocycles. The summed E-state index contributed by atoms with van der Waals surface area (Å²) in [5.74, 6) is -0.391. The van der Waals surface area contributed by atoms with Crippen LogP contribution in [0.4, 0.5) is 0 Å². The lowest BCUT2D eigenvalue weighted by atomic mass is 9.97. The van der Waals surface area contributed by atoms with Gasteiger partial charge in [-0.05, 0) is 17.2 Å². The zero-order chi connectivity index (χ0) is 17.4. The van der Waals surface area contributed by atoms with Gasteiger partial charge in [-0.3, -0.25) is 0 Å². The molecule has 0 saturated carbocycles. The fraction of sp³-hybridized carbons (Fsp3) is 0.100. The lowest BCUT2D eigenvalue weighted by molar-refractivity contribution is -0.134. The monoisotopic (exact) mass is 321 g/mol. The van der Waals surface area contributed by atoms with Crippen molar-refractivity contribution in [3.63, 3.8) is 0 Å². The molecule has 0 spiro atoms. The second kappa shape index (κ2) is 8.48. The minimum absolute atomic E-state index is 0.391. The Balaban J connectivity index is 2.26. The lowest BCUT2D eigenvalue weighted by Gasteiger charge is -2.10. The molecule has 0 bridgehead atoms. The molecule has 0 amide bonds. The van der Waals surface area contributed by atoms with Gasteiger partial charge >= 0.3 is 5.97 Å². The second-order valence-electron chi connectivity index (χ2n) is 4.95. The topological polar surface area (TPSA) is 47.9 Å². The average Bonchev–Trinajstić information content (AvgIpc) is 2.65. The number of esters is 1. The van der Waals surface area contributed by atoms with Crippen LogP contribution in [0.2, 0.25) is 0 Å². The smallest absolute Gasteiger partial charge is 0.330 e. The summed E-state index contributed by atoms with van der Waals surface area (Å²) in [6.07, 6.45) is 3.07. The SMILES string of the molecule is C=C(/C(=N\OC)c1ccc(/C=C/C(=O)OC)cc1)c1ccccc1.